The zero-order chi connectivity index (χ0) is 14.5. The van der Waals surface area contributed by atoms with Crippen LogP contribution >= 0.6 is 0 Å². The normalized spacial score (nSPS) is 10.2. The second-order valence-corrected chi connectivity index (χ2v) is 4.27. The first-order chi connectivity index (χ1) is 9.54. The van der Waals surface area contributed by atoms with Gasteiger partial charge < -0.3 is 16.4 Å². The van der Waals surface area contributed by atoms with Gasteiger partial charge in [0.25, 0.3) is 0 Å². The molecule has 0 aliphatic rings. The first kappa shape index (κ1) is 13.7. The molecule has 1 heterocycles. The molecular weight excluding hydrogens is 261 g/mol. The second-order valence-electron chi connectivity index (χ2n) is 4.27. The fourth-order valence-electron chi connectivity index (χ4n) is 1.77. The number of nitrogen functional groups attached to an aromatic ring is 1. The number of amides is 1. The first-order valence-corrected chi connectivity index (χ1v) is 5.90. The second kappa shape index (κ2) is 5.96. The van der Waals surface area contributed by atoms with Crippen molar-refractivity contribution in [2.24, 2.45) is 5.73 Å². The fraction of sp³-hybridized carbons (Fsp3) is 0.154. The van der Waals surface area contributed by atoms with Crippen LogP contribution in [0.5, 0.6) is 0 Å². The Balaban J connectivity index is 2.23. The van der Waals surface area contributed by atoms with Crippen LogP contribution in [-0.4, -0.2) is 22.4 Å². The number of aromatic nitrogens is 2. The molecule has 1 aromatic heterocycles. The van der Waals surface area contributed by atoms with Crippen molar-refractivity contribution in [1.29, 1.82) is 0 Å². The van der Waals surface area contributed by atoms with Gasteiger partial charge in [0.1, 0.15) is 0 Å². The summed E-state index contributed by atoms with van der Waals surface area (Å²) in [5, 5.41) is 0. The van der Waals surface area contributed by atoms with Gasteiger partial charge >= 0.3 is 0 Å². The van der Waals surface area contributed by atoms with Gasteiger partial charge in [0.2, 0.25) is 11.9 Å². The smallest absolute Gasteiger partial charge is 0.237 e. The topological polar surface area (TPSA) is 98.1 Å². The molecular formula is C13H14FN5O. The Morgan fingerprint density at radius 2 is 2.00 bits per heavy atom. The molecule has 0 saturated heterocycles. The van der Waals surface area contributed by atoms with Gasteiger partial charge in [-0.1, -0.05) is 12.1 Å². The quantitative estimate of drug-likeness (QED) is 0.782. The van der Waals surface area contributed by atoms with Crippen molar-refractivity contribution in [3.63, 3.8) is 0 Å². The monoisotopic (exact) mass is 275 g/mol. The minimum Gasteiger partial charge on any atom is -0.399 e. The zero-order valence-corrected chi connectivity index (χ0v) is 10.7. The number of carbonyl (C=O) groups is 1. The fourth-order valence-corrected chi connectivity index (χ4v) is 1.77. The molecule has 0 aliphatic carbocycles. The summed E-state index contributed by atoms with van der Waals surface area (Å²) in [5.41, 5.74) is 12.4. The molecule has 0 aliphatic heterocycles. The van der Waals surface area contributed by atoms with E-state index in [1.165, 1.54) is 0 Å². The van der Waals surface area contributed by atoms with Crippen LogP contribution in [0.15, 0.2) is 36.7 Å². The lowest BCUT2D eigenvalue weighted by atomic mass is 10.2. The molecule has 104 valence electrons. The molecule has 0 radical (unpaired) electrons. The third-order valence-electron chi connectivity index (χ3n) is 2.56. The van der Waals surface area contributed by atoms with E-state index in [4.69, 9.17) is 11.5 Å². The van der Waals surface area contributed by atoms with Gasteiger partial charge in [-0.05, 0) is 17.7 Å². The van der Waals surface area contributed by atoms with Crippen molar-refractivity contribution in [3.8, 4) is 0 Å². The Hall–Kier alpha value is -2.70. The highest BCUT2D eigenvalue weighted by Crippen LogP contribution is 2.13. The van der Waals surface area contributed by atoms with Gasteiger partial charge in [0.15, 0.2) is 5.82 Å². The summed E-state index contributed by atoms with van der Waals surface area (Å²) >= 11 is 0. The summed E-state index contributed by atoms with van der Waals surface area (Å²) in [6, 6.07) is 7.19. The maximum Gasteiger partial charge on any atom is 0.237 e. The maximum atomic E-state index is 12.8. The zero-order valence-electron chi connectivity index (χ0n) is 10.7. The number of benzene rings is 1. The minimum atomic E-state index is -0.545. The number of hydrogen-bond acceptors (Lipinski definition) is 5. The standard InChI is InChI=1S/C13H14FN5O/c14-10-5-17-13(18-6-10)19(8-12(16)20)7-9-2-1-3-11(15)4-9/h1-6H,7-8,15H2,(H2,16,20). The van der Waals surface area contributed by atoms with E-state index in [2.05, 4.69) is 9.97 Å². The molecule has 0 unspecified atom stereocenters. The van der Waals surface area contributed by atoms with Gasteiger partial charge in [0.05, 0.1) is 18.9 Å². The SMILES string of the molecule is NC(=O)CN(Cc1cccc(N)c1)c1ncc(F)cn1. The number of anilines is 2. The van der Waals surface area contributed by atoms with Gasteiger partial charge in [0, 0.05) is 12.2 Å². The van der Waals surface area contributed by atoms with Crippen LogP contribution in [0.25, 0.3) is 0 Å². The number of hydrogen-bond donors (Lipinski definition) is 2. The average molecular weight is 275 g/mol. The number of rotatable bonds is 5. The molecule has 4 N–H and O–H groups in total. The van der Waals surface area contributed by atoms with Crippen LogP contribution in [0.1, 0.15) is 5.56 Å². The van der Waals surface area contributed by atoms with Crippen molar-refractivity contribution in [2.45, 2.75) is 6.54 Å². The highest BCUT2D eigenvalue weighted by atomic mass is 19.1. The van der Waals surface area contributed by atoms with E-state index in [1.54, 1.807) is 23.1 Å². The number of halogens is 1. The third-order valence-corrected chi connectivity index (χ3v) is 2.56. The predicted molar refractivity (Wildman–Crippen MR) is 73.1 cm³/mol. The molecule has 7 heteroatoms. The van der Waals surface area contributed by atoms with Crippen LogP contribution in [0.3, 0.4) is 0 Å². The largest absolute Gasteiger partial charge is 0.399 e. The van der Waals surface area contributed by atoms with Crippen LogP contribution in [0.4, 0.5) is 16.0 Å². The molecule has 0 saturated carbocycles. The van der Waals surface area contributed by atoms with E-state index in [0.717, 1.165) is 18.0 Å². The van der Waals surface area contributed by atoms with Crippen molar-refractivity contribution in [1.82, 2.24) is 9.97 Å². The molecule has 20 heavy (non-hydrogen) atoms. The molecule has 1 amide bonds. The number of primary amides is 1. The Morgan fingerprint density at radius 3 is 2.60 bits per heavy atom. The van der Waals surface area contributed by atoms with E-state index < -0.39 is 11.7 Å². The van der Waals surface area contributed by atoms with Gasteiger partial charge in [-0.3, -0.25) is 4.79 Å². The maximum absolute atomic E-state index is 12.8. The van der Waals surface area contributed by atoms with Crippen molar-refractivity contribution < 1.29 is 9.18 Å². The first-order valence-electron chi connectivity index (χ1n) is 5.90. The Kier molecular flexibility index (Phi) is 4.09. The van der Waals surface area contributed by atoms with Crippen molar-refractivity contribution in [3.05, 3.63) is 48.0 Å². The van der Waals surface area contributed by atoms with Gasteiger partial charge in [-0.2, -0.15) is 0 Å². The van der Waals surface area contributed by atoms with E-state index in [9.17, 15) is 9.18 Å². The highest BCUT2D eigenvalue weighted by molar-refractivity contribution is 5.78. The molecule has 0 bridgehead atoms. The number of carbonyl (C=O) groups excluding carboxylic acids is 1. The Morgan fingerprint density at radius 1 is 1.30 bits per heavy atom. The minimum absolute atomic E-state index is 0.0690. The van der Waals surface area contributed by atoms with Gasteiger partial charge in [-0.15, -0.1) is 0 Å². The highest BCUT2D eigenvalue weighted by Gasteiger charge is 2.13. The summed E-state index contributed by atoms with van der Waals surface area (Å²) in [6.45, 7) is 0.278. The Bertz CT molecular complexity index is 602. The average Bonchev–Trinajstić information content (AvgIpc) is 2.38. The van der Waals surface area contributed by atoms with Crippen LogP contribution in [0, 0.1) is 5.82 Å². The molecule has 1 aromatic carbocycles. The lowest BCUT2D eigenvalue weighted by molar-refractivity contribution is -0.116. The van der Waals surface area contributed by atoms with E-state index >= 15 is 0 Å². The van der Waals surface area contributed by atoms with Crippen LogP contribution in [-0.2, 0) is 11.3 Å². The van der Waals surface area contributed by atoms with Crippen LogP contribution in [0.2, 0.25) is 0 Å². The summed E-state index contributed by atoms with van der Waals surface area (Å²) in [7, 11) is 0. The third kappa shape index (κ3) is 3.64. The number of nitrogens with zero attached hydrogens (tertiary/aromatic N) is 3. The summed E-state index contributed by atoms with van der Waals surface area (Å²) in [6.07, 6.45) is 2.07. The van der Waals surface area contributed by atoms with Crippen molar-refractivity contribution in [2.75, 3.05) is 17.2 Å². The molecule has 2 aromatic rings. The molecule has 0 fully saturated rings. The predicted octanol–water partition coefficient (Wildman–Crippen LogP) is 0.690. The number of nitrogens with two attached hydrogens (primary N) is 2. The molecule has 6 nitrogen and oxygen atoms in total. The van der Waals surface area contributed by atoms with Crippen molar-refractivity contribution >= 4 is 17.5 Å². The summed E-state index contributed by atoms with van der Waals surface area (Å²) in [5.74, 6) is -0.841. The summed E-state index contributed by atoms with van der Waals surface area (Å²) < 4.78 is 12.8. The van der Waals surface area contributed by atoms with E-state index in [-0.39, 0.29) is 12.5 Å². The molecule has 2 rings (SSSR count). The molecule has 0 spiro atoms. The van der Waals surface area contributed by atoms with E-state index in [0.29, 0.717) is 12.2 Å². The molecule has 0 atom stereocenters. The summed E-state index contributed by atoms with van der Waals surface area (Å²) in [4.78, 5) is 20.4. The van der Waals surface area contributed by atoms with Crippen LogP contribution < -0.4 is 16.4 Å². The van der Waals surface area contributed by atoms with Gasteiger partial charge in [-0.25, -0.2) is 14.4 Å². The lowest BCUT2D eigenvalue weighted by Crippen LogP contribution is -2.34. The van der Waals surface area contributed by atoms with E-state index in [1.807, 2.05) is 6.07 Å². The lowest BCUT2D eigenvalue weighted by Gasteiger charge is -2.21. The Labute approximate surface area is 115 Å².